The summed E-state index contributed by atoms with van der Waals surface area (Å²) in [5, 5.41) is 0. The Kier molecular flexibility index (Phi) is 5.32. The zero-order valence-electron chi connectivity index (χ0n) is 4.44. The van der Waals surface area contributed by atoms with Crippen LogP contribution in [0.3, 0.4) is 0 Å². The van der Waals surface area contributed by atoms with Gasteiger partial charge in [-0.05, 0) is 15.5 Å². The molecular formula is C5H12P+. The summed E-state index contributed by atoms with van der Waals surface area (Å²) in [4.78, 5) is 0. The molecule has 0 radical (unpaired) electrons. The van der Waals surface area contributed by atoms with Gasteiger partial charge in [-0.3, -0.25) is 0 Å². The molecule has 0 aliphatic heterocycles. The molecule has 1 unspecified atom stereocenters. The van der Waals surface area contributed by atoms with E-state index in [0.29, 0.717) is 8.58 Å². The second-order valence-electron chi connectivity index (χ2n) is 1.21. The summed E-state index contributed by atoms with van der Waals surface area (Å²) in [5.41, 5.74) is 0. The summed E-state index contributed by atoms with van der Waals surface area (Å²) in [6.45, 7) is 4.33. The van der Waals surface area contributed by atoms with Crippen molar-refractivity contribution in [3.05, 3.63) is 12.2 Å². The van der Waals surface area contributed by atoms with E-state index >= 15 is 0 Å². The highest BCUT2D eigenvalue weighted by atomic mass is 31.1. The molecule has 0 spiro atoms. The molecule has 1 heteroatoms. The summed E-state index contributed by atoms with van der Waals surface area (Å²) in [6.07, 6.45) is 5.64. The molecule has 0 aromatic carbocycles. The number of hydrogen-bond donors (Lipinski definition) is 0. The van der Waals surface area contributed by atoms with Crippen LogP contribution in [0.2, 0.25) is 0 Å². The van der Waals surface area contributed by atoms with E-state index in [1.807, 2.05) is 0 Å². The lowest BCUT2D eigenvalue weighted by atomic mass is 10.6. The highest BCUT2D eigenvalue weighted by molar-refractivity contribution is 7.37. The molecule has 0 amide bonds. The largest absolute Gasteiger partial charge is 0.0881 e. The fourth-order valence-corrected chi connectivity index (χ4v) is 0.816. The molecule has 0 aliphatic carbocycles. The Morgan fingerprint density at radius 2 is 2.33 bits per heavy atom. The van der Waals surface area contributed by atoms with Crippen molar-refractivity contribution in [2.45, 2.75) is 6.92 Å². The second-order valence-corrected chi connectivity index (χ2v) is 2.50. The van der Waals surface area contributed by atoms with Crippen LogP contribution in [-0.2, 0) is 0 Å². The summed E-state index contributed by atoms with van der Waals surface area (Å²) in [6, 6.07) is 0. The SMILES string of the molecule is CC=CC[PH2+]C. The first-order valence-corrected chi connectivity index (χ1v) is 4.28. The minimum Gasteiger partial charge on any atom is -0.0881 e. The van der Waals surface area contributed by atoms with Crippen molar-refractivity contribution in [3.8, 4) is 0 Å². The van der Waals surface area contributed by atoms with Gasteiger partial charge in [-0.1, -0.05) is 12.2 Å². The van der Waals surface area contributed by atoms with E-state index in [9.17, 15) is 0 Å². The van der Waals surface area contributed by atoms with Crippen LogP contribution < -0.4 is 0 Å². The topological polar surface area (TPSA) is 0 Å². The summed E-state index contributed by atoms with van der Waals surface area (Å²) in [5.74, 6) is 0. The van der Waals surface area contributed by atoms with Crippen LogP contribution in [0, 0.1) is 0 Å². The zero-order chi connectivity index (χ0) is 4.83. The maximum atomic E-state index is 2.26. The quantitative estimate of drug-likeness (QED) is 0.368. The molecule has 0 aliphatic rings. The number of allylic oxidation sites excluding steroid dienone is 2. The van der Waals surface area contributed by atoms with E-state index < -0.39 is 0 Å². The Bertz CT molecular complexity index is 39.2. The lowest BCUT2D eigenvalue weighted by Crippen LogP contribution is -1.57. The molecule has 0 saturated heterocycles. The van der Waals surface area contributed by atoms with Crippen LogP contribution >= 0.6 is 8.58 Å². The molecule has 0 bridgehead atoms. The normalized spacial score (nSPS) is 12.3. The summed E-state index contributed by atoms with van der Waals surface area (Å²) in [7, 11) is 0.697. The molecule has 0 nitrogen and oxygen atoms in total. The van der Waals surface area contributed by atoms with Gasteiger partial charge in [0, 0.05) is 6.66 Å². The smallest absolute Gasteiger partial charge is 0.0725 e. The van der Waals surface area contributed by atoms with Gasteiger partial charge in [0.25, 0.3) is 0 Å². The van der Waals surface area contributed by atoms with Crippen molar-refractivity contribution in [1.82, 2.24) is 0 Å². The van der Waals surface area contributed by atoms with Gasteiger partial charge in [-0.2, -0.15) is 0 Å². The minimum absolute atomic E-state index is 0.697. The molecule has 0 saturated carbocycles. The van der Waals surface area contributed by atoms with Crippen molar-refractivity contribution >= 4 is 8.58 Å². The Morgan fingerprint density at radius 3 is 2.50 bits per heavy atom. The second kappa shape index (κ2) is 5.17. The summed E-state index contributed by atoms with van der Waals surface area (Å²) < 4.78 is 0. The molecule has 1 atom stereocenters. The highest BCUT2D eigenvalue weighted by Gasteiger charge is 1.71. The lowest BCUT2D eigenvalue weighted by molar-refractivity contribution is 1.65. The molecule has 0 heterocycles. The maximum Gasteiger partial charge on any atom is 0.0725 e. The molecule has 0 aromatic rings. The third-order valence-electron chi connectivity index (χ3n) is 0.607. The molecular weight excluding hydrogens is 91.0 g/mol. The van der Waals surface area contributed by atoms with E-state index in [0.717, 1.165) is 0 Å². The van der Waals surface area contributed by atoms with E-state index in [1.54, 1.807) is 0 Å². The van der Waals surface area contributed by atoms with Gasteiger partial charge in [0.2, 0.25) is 0 Å². The molecule has 0 rings (SSSR count). The predicted octanol–water partition coefficient (Wildman–Crippen LogP) is 1.60. The van der Waals surface area contributed by atoms with E-state index in [4.69, 9.17) is 0 Å². The molecule has 0 aromatic heterocycles. The number of hydrogen-bond acceptors (Lipinski definition) is 0. The monoisotopic (exact) mass is 103 g/mol. The third kappa shape index (κ3) is 4.17. The molecule has 6 heavy (non-hydrogen) atoms. The van der Waals surface area contributed by atoms with E-state index in [-0.39, 0.29) is 0 Å². The van der Waals surface area contributed by atoms with Crippen LogP contribution in [0.5, 0.6) is 0 Å². The Hall–Kier alpha value is 0.170. The standard InChI is InChI=1S/C5H11P/c1-3-4-5-6-2/h3-4,6H,5H2,1-2H3/p+1. The minimum atomic E-state index is 0.697. The van der Waals surface area contributed by atoms with Gasteiger partial charge < -0.3 is 0 Å². The Morgan fingerprint density at radius 1 is 1.67 bits per heavy atom. The number of rotatable bonds is 2. The first-order valence-electron chi connectivity index (χ1n) is 2.30. The van der Waals surface area contributed by atoms with Crippen molar-refractivity contribution in [3.63, 3.8) is 0 Å². The van der Waals surface area contributed by atoms with Crippen molar-refractivity contribution in [1.29, 1.82) is 0 Å². The van der Waals surface area contributed by atoms with Crippen LogP contribution in [0.15, 0.2) is 12.2 Å². The Balaban J connectivity index is 2.66. The van der Waals surface area contributed by atoms with Crippen LogP contribution in [0.25, 0.3) is 0 Å². The highest BCUT2D eigenvalue weighted by Crippen LogP contribution is 1.99. The fourth-order valence-electron chi connectivity index (χ4n) is 0.272. The van der Waals surface area contributed by atoms with Gasteiger partial charge in [-0.25, -0.2) is 0 Å². The van der Waals surface area contributed by atoms with Crippen molar-refractivity contribution in [2.75, 3.05) is 12.8 Å². The van der Waals surface area contributed by atoms with Gasteiger partial charge in [0.1, 0.15) is 0 Å². The van der Waals surface area contributed by atoms with Gasteiger partial charge in [0.05, 0.1) is 6.16 Å². The third-order valence-corrected chi connectivity index (χ3v) is 1.35. The average molecular weight is 103 g/mol. The molecule has 36 valence electrons. The predicted molar refractivity (Wildman–Crippen MR) is 35.3 cm³/mol. The lowest BCUT2D eigenvalue weighted by Gasteiger charge is -1.70. The van der Waals surface area contributed by atoms with Crippen LogP contribution in [0.4, 0.5) is 0 Å². The zero-order valence-corrected chi connectivity index (χ0v) is 5.59. The van der Waals surface area contributed by atoms with Gasteiger partial charge in [0.15, 0.2) is 0 Å². The summed E-state index contributed by atoms with van der Waals surface area (Å²) >= 11 is 0. The fraction of sp³-hybridized carbons (Fsp3) is 0.600. The van der Waals surface area contributed by atoms with E-state index in [2.05, 4.69) is 25.7 Å². The first kappa shape index (κ1) is 6.17. The van der Waals surface area contributed by atoms with Crippen molar-refractivity contribution < 1.29 is 0 Å². The maximum absolute atomic E-state index is 2.26. The van der Waals surface area contributed by atoms with E-state index in [1.165, 1.54) is 6.16 Å². The Labute approximate surface area is 41.4 Å². The van der Waals surface area contributed by atoms with Gasteiger partial charge >= 0.3 is 0 Å². The first-order chi connectivity index (χ1) is 2.91. The van der Waals surface area contributed by atoms with Crippen LogP contribution in [0.1, 0.15) is 6.92 Å². The average Bonchev–Trinajstić information content (AvgIpc) is 1.61. The molecule has 0 N–H and O–H groups in total. The van der Waals surface area contributed by atoms with Gasteiger partial charge in [-0.15, -0.1) is 0 Å². The van der Waals surface area contributed by atoms with Crippen molar-refractivity contribution in [2.24, 2.45) is 0 Å². The molecule has 0 fully saturated rings. The van der Waals surface area contributed by atoms with Crippen LogP contribution in [-0.4, -0.2) is 12.8 Å².